The monoisotopic (exact) mass is 461 g/mol. The minimum Gasteiger partial charge on any atom is -0.475 e. The number of fused-ring (bicyclic) bond motifs is 1. The van der Waals surface area contributed by atoms with Crippen molar-refractivity contribution in [2.45, 2.75) is 64.5 Å². The van der Waals surface area contributed by atoms with E-state index in [1.54, 1.807) is 0 Å². The van der Waals surface area contributed by atoms with Crippen molar-refractivity contribution < 1.29 is 37.1 Å². The molecule has 0 radical (unpaired) electrons. The van der Waals surface area contributed by atoms with E-state index in [4.69, 9.17) is 19.2 Å². The predicted octanol–water partition coefficient (Wildman–Crippen LogP) is 2.85. The molecule has 1 aromatic rings. The molecule has 180 valence electrons. The zero-order valence-corrected chi connectivity index (χ0v) is 18.3. The first-order chi connectivity index (χ1) is 15.0. The molecule has 3 aliphatic rings. The highest BCUT2D eigenvalue weighted by Crippen LogP contribution is 2.35. The predicted molar refractivity (Wildman–Crippen MR) is 107 cm³/mol. The van der Waals surface area contributed by atoms with Crippen LogP contribution < -0.4 is 0 Å². The number of aromatic nitrogens is 1. The van der Waals surface area contributed by atoms with E-state index < -0.39 is 12.1 Å². The maximum atomic E-state index is 12.8. The van der Waals surface area contributed by atoms with E-state index in [9.17, 15) is 18.0 Å². The molecule has 1 amide bonds. The lowest BCUT2D eigenvalue weighted by atomic mass is 9.91. The van der Waals surface area contributed by atoms with Gasteiger partial charge in [-0.25, -0.2) is 4.79 Å². The van der Waals surface area contributed by atoms with Crippen molar-refractivity contribution in [2.75, 3.05) is 26.2 Å². The van der Waals surface area contributed by atoms with Gasteiger partial charge < -0.3 is 19.3 Å². The number of carbonyl (C=O) groups is 2. The fourth-order valence-corrected chi connectivity index (χ4v) is 4.45. The van der Waals surface area contributed by atoms with Crippen molar-refractivity contribution >= 4 is 11.9 Å². The number of alkyl halides is 3. The first-order valence-electron chi connectivity index (χ1n) is 10.9. The molecule has 0 spiro atoms. The lowest BCUT2D eigenvalue weighted by Gasteiger charge is -2.33. The van der Waals surface area contributed by atoms with Crippen LogP contribution in [0, 0.1) is 18.8 Å². The zero-order valence-electron chi connectivity index (χ0n) is 18.3. The van der Waals surface area contributed by atoms with Gasteiger partial charge in [-0.05, 0) is 51.0 Å². The van der Waals surface area contributed by atoms with Gasteiger partial charge in [0.15, 0.2) is 0 Å². The maximum Gasteiger partial charge on any atom is 0.490 e. The number of carbonyl (C=O) groups excluding carboxylic acids is 1. The second kappa shape index (κ2) is 10.2. The molecular weight excluding hydrogens is 431 g/mol. The van der Waals surface area contributed by atoms with Crippen LogP contribution in [-0.4, -0.2) is 76.5 Å². The number of aliphatic carboxylic acids is 1. The number of hydrogen-bond donors (Lipinski definition) is 1. The minimum atomic E-state index is -5.08. The fraction of sp³-hybridized carbons (Fsp3) is 0.762. The second-order valence-electron chi connectivity index (χ2n) is 8.92. The molecule has 0 saturated carbocycles. The number of nitrogens with zero attached hydrogens (tertiary/aromatic N) is 3. The summed E-state index contributed by atoms with van der Waals surface area (Å²) >= 11 is 0. The van der Waals surface area contributed by atoms with Crippen LogP contribution in [0.2, 0.25) is 0 Å². The van der Waals surface area contributed by atoms with E-state index in [1.165, 1.54) is 0 Å². The lowest BCUT2D eigenvalue weighted by molar-refractivity contribution is -0.192. The second-order valence-corrected chi connectivity index (χ2v) is 8.92. The first kappa shape index (κ1) is 24.5. The normalized spacial score (nSPS) is 26.9. The molecule has 1 N–H and O–H groups in total. The molecule has 0 aromatic carbocycles. The summed E-state index contributed by atoms with van der Waals surface area (Å²) in [5.74, 6) is -0.422. The summed E-state index contributed by atoms with van der Waals surface area (Å²) in [5, 5.41) is 11.2. The quantitative estimate of drug-likeness (QED) is 0.740. The fourth-order valence-electron chi connectivity index (χ4n) is 4.45. The molecule has 0 bridgehead atoms. The number of carboxylic acids is 1. The van der Waals surface area contributed by atoms with Crippen molar-refractivity contribution in [1.82, 2.24) is 15.0 Å². The van der Waals surface area contributed by atoms with Gasteiger partial charge in [-0.3, -0.25) is 9.69 Å². The molecule has 4 rings (SSSR count). The largest absolute Gasteiger partial charge is 0.490 e. The number of piperidine rings is 2. The number of rotatable bonds is 3. The Hall–Kier alpha value is -2.14. The van der Waals surface area contributed by atoms with Crippen LogP contribution in [0.1, 0.15) is 44.1 Å². The summed E-state index contributed by atoms with van der Waals surface area (Å²) in [6, 6.07) is 1.99. The van der Waals surface area contributed by atoms with Gasteiger partial charge in [0.05, 0.1) is 11.8 Å². The van der Waals surface area contributed by atoms with E-state index in [1.807, 2.05) is 17.9 Å². The van der Waals surface area contributed by atoms with Crippen LogP contribution in [0.3, 0.4) is 0 Å². The Balaban J connectivity index is 0.000000360. The van der Waals surface area contributed by atoms with Crippen LogP contribution in [0.25, 0.3) is 0 Å². The molecule has 3 fully saturated rings. The third-order valence-corrected chi connectivity index (χ3v) is 6.31. The van der Waals surface area contributed by atoms with Crippen LogP contribution in [0.15, 0.2) is 10.6 Å². The summed E-state index contributed by atoms with van der Waals surface area (Å²) < 4.78 is 43.1. The molecule has 3 aliphatic heterocycles. The smallest absolute Gasteiger partial charge is 0.475 e. The van der Waals surface area contributed by atoms with Gasteiger partial charge in [0.1, 0.15) is 11.9 Å². The minimum absolute atomic E-state index is 0.180. The Labute approximate surface area is 184 Å². The Morgan fingerprint density at radius 2 is 1.88 bits per heavy atom. The van der Waals surface area contributed by atoms with Gasteiger partial charge in [-0.1, -0.05) is 12.1 Å². The summed E-state index contributed by atoms with van der Waals surface area (Å²) in [6.07, 6.45) is -0.890. The van der Waals surface area contributed by atoms with Crippen LogP contribution in [0.4, 0.5) is 13.2 Å². The third kappa shape index (κ3) is 6.44. The van der Waals surface area contributed by atoms with E-state index in [-0.39, 0.29) is 18.1 Å². The van der Waals surface area contributed by atoms with Gasteiger partial charge in [0.25, 0.3) is 5.91 Å². The number of aryl methyl sites for hydroxylation is 1. The molecule has 11 heteroatoms. The number of likely N-dealkylation sites (tertiary alicyclic amines) is 2. The molecule has 1 aromatic heterocycles. The van der Waals surface area contributed by atoms with Crippen molar-refractivity contribution in [1.29, 1.82) is 0 Å². The Bertz CT molecular complexity index is 792. The molecule has 0 unspecified atom stereocenters. The Kier molecular flexibility index (Phi) is 7.81. The molecule has 3 saturated heterocycles. The van der Waals surface area contributed by atoms with E-state index in [0.29, 0.717) is 5.92 Å². The van der Waals surface area contributed by atoms with Crippen molar-refractivity contribution in [3.05, 3.63) is 17.5 Å². The van der Waals surface area contributed by atoms with Crippen LogP contribution in [-0.2, 0) is 20.9 Å². The highest BCUT2D eigenvalue weighted by molar-refractivity contribution is 5.81. The summed E-state index contributed by atoms with van der Waals surface area (Å²) in [4.78, 5) is 26.1. The highest BCUT2D eigenvalue weighted by Gasteiger charge is 2.43. The van der Waals surface area contributed by atoms with Crippen molar-refractivity contribution in [3.8, 4) is 0 Å². The van der Waals surface area contributed by atoms with Crippen LogP contribution >= 0.6 is 0 Å². The molecular formula is C21H30F3N3O5. The number of ether oxygens (including phenoxy) is 1. The van der Waals surface area contributed by atoms with Gasteiger partial charge >= 0.3 is 12.1 Å². The Morgan fingerprint density at radius 3 is 2.44 bits per heavy atom. The molecule has 0 aliphatic carbocycles. The van der Waals surface area contributed by atoms with Gasteiger partial charge in [-0.15, -0.1) is 0 Å². The summed E-state index contributed by atoms with van der Waals surface area (Å²) in [5.41, 5.74) is 0.976. The van der Waals surface area contributed by atoms with Crippen molar-refractivity contribution in [2.24, 2.45) is 11.8 Å². The van der Waals surface area contributed by atoms with Crippen LogP contribution in [0.5, 0.6) is 0 Å². The van der Waals surface area contributed by atoms with E-state index in [0.717, 1.165) is 75.8 Å². The third-order valence-electron chi connectivity index (χ3n) is 6.31. The van der Waals surface area contributed by atoms with Gasteiger partial charge in [0, 0.05) is 32.2 Å². The molecule has 32 heavy (non-hydrogen) atoms. The zero-order chi connectivity index (χ0) is 23.5. The molecule has 4 heterocycles. The first-order valence-corrected chi connectivity index (χ1v) is 10.9. The van der Waals surface area contributed by atoms with Gasteiger partial charge in [-0.2, -0.15) is 13.2 Å². The molecule has 3 atom stereocenters. The number of amides is 1. The maximum absolute atomic E-state index is 12.8. The SMILES string of the molecule is Cc1cc(CN2CC[C@H]3C[C@@H](C(=O)N4CCC(C)CC4)O[C@@H]3C2)no1.O=C(O)C(F)(F)F. The lowest BCUT2D eigenvalue weighted by Crippen LogP contribution is -2.44. The number of halogens is 3. The average molecular weight is 461 g/mol. The number of carboxylic acid groups (broad SMARTS) is 1. The number of hydrogen-bond acceptors (Lipinski definition) is 6. The topological polar surface area (TPSA) is 96.1 Å². The van der Waals surface area contributed by atoms with Gasteiger partial charge in [0.2, 0.25) is 0 Å². The highest BCUT2D eigenvalue weighted by atomic mass is 19.4. The molecule has 8 nitrogen and oxygen atoms in total. The average Bonchev–Trinajstić information content (AvgIpc) is 3.33. The Morgan fingerprint density at radius 1 is 1.22 bits per heavy atom. The van der Waals surface area contributed by atoms with E-state index in [2.05, 4.69) is 17.0 Å². The summed E-state index contributed by atoms with van der Waals surface area (Å²) in [7, 11) is 0. The van der Waals surface area contributed by atoms with Crippen molar-refractivity contribution in [3.63, 3.8) is 0 Å². The standard InChI is InChI=1S/C19H29N3O3.C2HF3O2/c1-13-3-7-22(8-4-13)19(23)17-10-15-5-6-21(12-18(15)24-17)11-16-9-14(2)25-20-16;3-2(4,5)1(6)7/h9,13,15,17-18H,3-8,10-12H2,1-2H3;(H,6,7)/t15-,17-,18+;/m0./s1. The van der Waals surface area contributed by atoms with E-state index >= 15 is 0 Å². The summed E-state index contributed by atoms with van der Waals surface area (Å²) in [6.45, 7) is 8.70.